The molecular formula is C14H26N2. The van der Waals surface area contributed by atoms with E-state index in [-0.39, 0.29) is 5.92 Å². The fraction of sp³-hybridized carbons (Fsp3) is 0.929. The topological polar surface area (TPSA) is 27.0 Å². The first-order chi connectivity index (χ1) is 7.72. The Balaban J connectivity index is 2.57. The Morgan fingerprint density at radius 2 is 2.00 bits per heavy atom. The van der Waals surface area contributed by atoms with Crippen molar-refractivity contribution in [2.75, 3.05) is 13.6 Å². The maximum Gasteiger partial charge on any atom is 0.0672 e. The van der Waals surface area contributed by atoms with Crippen LogP contribution in [0.3, 0.4) is 0 Å². The van der Waals surface area contributed by atoms with Crippen LogP contribution in [0, 0.1) is 23.2 Å². The number of hydrogen-bond donors (Lipinski definition) is 0. The second-order valence-electron chi connectivity index (χ2n) is 5.25. The summed E-state index contributed by atoms with van der Waals surface area (Å²) in [4.78, 5) is 2.41. The van der Waals surface area contributed by atoms with Crippen LogP contribution in [0.5, 0.6) is 0 Å². The lowest BCUT2D eigenvalue weighted by Gasteiger charge is -2.38. The molecule has 1 aliphatic carbocycles. The van der Waals surface area contributed by atoms with Gasteiger partial charge in [0.1, 0.15) is 0 Å². The molecule has 92 valence electrons. The van der Waals surface area contributed by atoms with Gasteiger partial charge in [0.2, 0.25) is 0 Å². The van der Waals surface area contributed by atoms with Crippen molar-refractivity contribution in [3.63, 3.8) is 0 Å². The molecule has 1 rings (SSSR count). The van der Waals surface area contributed by atoms with Crippen molar-refractivity contribution >= 4 is 0 Å². The molecule has 0 saturated heterocycles. The van der Waals surface area contributed by atoms with E-state index in [0.717, 1.165) is 18.9 Å². The van der Waals surface area contributed by atoms with Gasteiger partial charge in [-0.3, -0.25) is 0 Å². The van der Waals surface area contributed by atoms with Crippen molar-refractivity contribution < 1.29 is 0 Å². The second-order valence-corrected chi connectivity index (χ2v) is 5.25. The lowest BCUT2D eigenvalue weighted by atomic mass is 9.76. The van der Waals surface area contributed by atoms with Gasteiger partial charge >= 0.3 is 0 Å². The third-order valence-corrected chi connectivity index (χ3v) is 3.93. The third-order valence-electron chi connectivity index (χ3n) is 3.93. The quantitative estimate of drug-likeness (QED) is 0.712. The van der Waals surface area contributed by atoms with Crippen LogP contribution in [0.1, 0.15) is 52.4 Å². The van der Waals surface area contributed by atoms with Crippen LogP contribution in [0.2, 0.25) is 0 Å². The van der Waals surface area contributed by atoms with Crippen LogP contribution in [-0.4, -0.2) is 24.5 Å². The van der Waals surface area contributed by atoms with Gasteiger partial charge in [0, 0.05) is 6.04 Å². The summed E-state index contributed by atoms with van der Waals surface area (Å²) in [6.45, 7) is 5.60. The zero-order chi connectivity index (χ0) is 12.0. The standard InChI is InChI=1S/C14H26N2/c1-4-6-12-7-8-13(11-15)14(10-12)16(3)9-5-2/h12-14H,4-10H2,1-3H3. The van der Waals surface area contributed by atoms with Crippen LogP contribution >= 0.6 is 0 Å². The number of nitriles is 1. The summed E-state index contributed by atoms with van der Waals surface area (Å²) in [6.07, 6.45) is 7.43. The molecular weight excluding hydrogens is 196 g/mol. The Morgan fingerprint density at radius 3 is 2.56 bits per heavy atom. The number of hydrogen-bond acceptors (Lipinski definition) is 2. The van der Waals surface area contributed by atoms with E-state index in [2.05, 4.69) is 31.9 Å². The SMILES string of the molecule is CCCC1CCC(C#N)C(N(C)CCC)C1. The summed E-state index contributed by atoms with van der Waals surface area (Å²) in [7, 11) is 2.19. The maximum absolute atomic E-state index is 9.22. The summed E-state index contributed by atoms with van der Waals surface area (Å²) in [5.41, 5.74) is 0. The molecule has 0 aliphatic heterocycles. The average molecular weight is 222 g/mol. The molecule has 2 nitrogen and oxygen atoms in total. The average Bonchev–Trinajstić information content (AvgIpc) is 2.30. The summed E-state index contributed by atoms with van der Waals surface area (Å²) in [6, 6.07) is 3.02. The molecule has 3 atom stereocenters. The van der Waals surface area contributed by atoms with Crippen molar-refractivity contribution in [2.24, 2.45) is 11.8 Å². The Morgan fingerprint density at radius 1 is 1.25 bits per heavy atom. The lowest BCUT2D eigenvalue weighted by Crippen LogP contribution is -2.42. The highest BCUT2D eigenvalue weighted by Crippen LogP contribution is 2.34. The van der Waals surface area contributed by atoms with Gasteiger partial charge in [-0.05, 0) is 45.2 Å². The van der Waals surface area contributed by atoms with Gasteiger partial charge in [-0.2, -0.15) is 5.26 Å². The molecule has 2 heteroatoms. The van der Waals surface area contributed by atoms with Crippen LogP contribution in [-0.2, 0) is 0 Å². The Kier molecular flexibility index (Phi) is 5.84. The molecule has 0 spiro atoms. The minimum absolute atomic E-state index is 0.268. The van der Waals surface area contributed by atoms with Gasteiger partial charge in [-0.15, -0.1) is 0 Å². The molecule has 0 aromatic carbocycles. The molecule has 16 heavy (non-hydrogen) atoms. The predicted octanol–water partition coefficient (Wildman–Crippen LogP) is 3.44. The molecule has 0 heterocycles. The van der Waals surface area contributed by atoms with Gasteiger partial charge in [-0.1, -0.05) is 26.7 Å². The Labute approximate surface area is 101 Å². The minimum atomic E-state index is 0.268. The van der Waals surface area contributed by atoms with E-state index in [0.29, 0.717) is 6.04 Å². The highest BCUT2D eigenvalue weighted by atomic mass is 15.1. The fourth-order valence-corrected chi connectivity index (χ4v) is 3.06. The van der Waals surface area contributed by atoms with Gasteiger partial charge in [0.25, 0.3) is 0 Å². The van der Waals surface area contributed by atoms with Crippen LogP contribution < -0.4 is 0 Å². The van der Waals surface area contributed by atoms with Gasteiger partial charge in [0.15, 0.2) is 0 Å². The normalized spacial score (nSPS) is 30.3. The Bertz CT molecular complexity index is 231. The van der Waals surface area contributed by atoms with Crippen LogP contribution in [0.15, 0.2) is 0 Å². The summed E-state index contributed by atoms with van der Waals surface area (Å²) >= 11 is 0. The van der Waals surface area contributed by atoms with Gasteiger partial charge in [-0.25, -0.2) is 0 Å². The van der Waals surface area contributed by atoms with Crippen molar-refractivity contribution in [2.45, 2.75) is 58.4 Å². The molecule has 0 aromatic heterocycles. The Hall–Kier alpha value is -0.550. The van der Waals surface area contributed by atoms with E-state index in [4.69, 9.17) is 0 Å². The van der Waals surface area contributed by atoms with Crippen molar-refractivity contribution in [3.05, 3.63) is 0 Å². The predicted molar refractivity (Wildman–Crippen MR) is 68.1 cm³/mol. The first-order valence-corrected chi connectivity index (χ1v) is 6.82. The molecule has 3 unspecified atom stereocenters. The molecule has 1 saturated carbocycles. The van der Waals surface area contributed by atoms with E-state index in [1.807, 2.05) is 0 Å². The number of nitrogens with zero attached hydrogens (tertiary/aromatic N) is 2. The molecule has 1 fully saturated rings. The van der Waals surface area contributed by atoms with E-state index < -0.39 is 0 Å². The summed E-state index contributed by atoms with van der Waals surface area (Å²) in [5.74, 6) is 1.13. The summed E-state index contributed by atoms with van der Waals surface area (Å²) < 4.78 is 0. The van der Waals surface area contributed by atoms with Gasteiger partial charge in [0.05, 0.1) is 12.0 Å². The molecule has 1 aliphatic rings. The molecule has 0 N–H and O–H groups in total. The highest BCUT2D eigenvalue weighted by molar-refractivity contribution is 4.96. The zero-order valence-corrected chi connectivity index (χ0v) is 11.1. The van der Waals surface area contributed by atoms with E-state index in [1.165, 1.54) is 32.1 Å². The molecule has 0 amide bonds. The van der Waals surface area contributed by atoms with E-state index in [1.54, 1.807) is 0 Å². The van der Waals surface area contributed by atoms with Gasteiger partial charge < -0.3 is 4.90 Å². The largest absolute Gasteiger partial charge is 0.302 e. The first-order valence-electron chi connectivity index (χ1n) is 6.82. The van der Waals surface area contributed by atoms with E-state index >= 15 is 0 Å². The van der Waals surface area contributed by atoms with Crippen molar-refractivity contribution in [1.82, 2.24) is 4.90 Å². The highest BCUT2D eigenvalue weighted by Gasteiger charge is 2.32. The maximum atomic E-state index is 9.22. The zero-order valence-electron chi connectivity index (χ0n) is 11.1. The van der Waals surface area contributed by atoms with Crippen LogP contribution in [0.25, 0.3) is 0 Å². The second kappa shape index (κ2) is 6.91. The van der Waals surface area contributed by atoms with E-state index in [9.17, 15) is 5.26 Å². The number of rotatable bonds is 5. The van der Waals surface area contributed by atoms with Crippen LogP contribution in [0.4, 0.5) is 0 Å². The summed E-state index contributed by atoms with van der Waals surface area (Å²) in [5, 5.41) is 9.22. The lowest BCUT2D eigenvalue weighted by molar-refractivity contribution is 0.121. The minimum Gasteiger partial charge on any atom is -0.302 e. The van der Waals surface area contributed by atoms with Crippen molar-refractivity contribution in [3.8, 4) is 6.07 Å². The molecule has 0 radical (unpaired) electrons. The third kappa shape index (κ3) is 3.49. The monoisotopic (exact) mass is 222 g/mol. The molecule has 0 aromatic rings. The fourth-order valence-electron chi connectivity index (χ4n) is 3.06. The smallest absolute Gasteiger partial charge is 0.0672 e. The first kappa shape index (κ1) is 13.5. The molecule has 0 bridgehead atoms. The van der Waals surface area contributed by atoms with Crippen molar-refractivity contribution in [1.29, 1.82) is 5.26 Å².